The Morgan fingerprint density at radius 1 is 1.17 bits per heavy atom. The predicted molar refractivity (Wildman–Crippen MR) is 72.4 cm³/mol. The maximum Gasteiger partial charge on any atom is 0.246 e. The van der Waals surface area contributed by atoms with Crippen molar-refractivity contribution >= 4 is 10.0 Å². The van der Waals surface area contributed by atoms with Crippen molar-refractivity contribution in [2.75, 3.05) is 14.1 Å². The Hall–Kier alpha value is -1.07. The minimum atomic E-state index is -3.63. The van der Waals surface area contributed by atoms with Crippen LogP contribution in [0.15, 0.2) is 17.0 Å². The van der Waals surface area contributed by atoms with Gasteiger partial charge in [0.25, 0.3) is 0 Å². The number of sulfonamides is 1. The highest BCUT2D eigenvalue weighted by Crippen LogP contribution is 2.37. The summed E-state index contributed by atoms with van der Waals surface area (Å²) in [6, 6.07) is 3.32. The van der Waals surface area contributed by atoms with Crippen molar-refractivity contribution in [3.05, 3.63) is 23.3 Å². The summed E-state index contributed by atoms with van der Waals surface area (Å²) in [6.45, 7) is 7.64. The Kier molecular flexibility index (Phi) is 3.79. The third-order valence-electron chi connectivity index (χ3n) is 2.79. The molecule has 4 nitrogen and oxygen atoms in total. The highest BCUT2D eigenvalue weighted by molar-refractivity contribution is 7.89. The molecule has 1 aromatic carbocycles. The average molecular weight is 271 g/mol. The standard InChI is InChI=1S/C13H21NO3S/c1-9-7-10(13(2,3)4)12(15)11(8-9)18(16,17)14(5)6/h7-8,15H,1-6H3. The first-order chi connectivity index (χ1) is 7.98. The van der Waals surface area contributed by atoms with Gasteiger partial charge in [-0.25, -0.2) is 12.7 Å². The van der Waals surface area contributed by atoms with E-state index in [-0.39, 0.29) is 16.1 Å². The molecule has 102 valence electrons. The molecule has 0 heterocycles. The lowest BCUT2D eigenvalue weighted by Gasteiger charge is -2.23. The molecule has 0 aliphatic carbocycles. The van der Waals surface area contributed by atoms with Gasteiger partial charge in [-0.05, 0) is 24.0 Å². The molecule has 0 saturated heterocycles. The maximum absolute atomic E-state index is 12.2. The summed E-state index contributed by atoms with van der Waals surface area (Å²) in [5.41, 5.74) is 1.15. The highest BCUT2D eigenvalue weighted by Gasteiger charge is 2.27. The number of rotatable bonds is 2. The molecule has 5 heteroatoms. The fourth-order valence-electron chi connectivity index (χ4n) is 1.71. The number of phenolic OH excluding ortho intramolecular Hbond substituents is 1. The van der Waals surface area contributed by atoms with E-state index in [1.54, 1.807) is 0 Å². The summed E-state index contributed by atoms with van der Waals surface area (Å²) in [7, 11) is -0.725. The van der Waals surface area contributed by atoms with Crippen LogP contribution in [0.3, 0.4) is 0 Å². The largest absolute Gasteiger partial charge is 0.506 e. The summed E-state index contributed by atoms with van der Waals surface area (Å²) in [6.07, 6.45) is 0. The van der Waals surface area contributed by atoms with E-state index in [9.17, 15) is 13.5 Å². The van der Waals surface area contributed by atoms with Crippen LogP contribution < -0.4 is 0 Å². The van der Waals surface area contributed by atoms with E-state index in [2.05, 4.69) is 0 Å². The molecule has 18 heavy (non-hydrogen) atoms. The molecule has 0 aromatic heterocycles. The maximum atomic E-state index is 12.2. The number of nitrogens with zero attached hydrogens (tertiary/aromatic N) is 1. The van der Waals surface area contributed by atoms with Crippen molar-refractivity contribution in [2.45, 2.75) is 38.0 Å². The monoisotopic (exact) mass is 271 g/mol. The molecule has 0 bridgehead atoms. The topological polar surface area (TPSA) is 57.6 Å². The van der Waals surface area contributed by atoms with Crippen LogP contribution >= 0.6 is 0 Å². The molecule has 0 saturated carbocycles. The Labute approximate surface area is 109 Å². The first-order valence-corrected chi connectivity index (χ1v) is 7.18. The van der Waals surface area contributed by atoms with Gasteiger partial charge in [0.15, 0.2) is 0 Å². The summed E-state index contributed by atoms with van der Waals surface area (Å²) < 4.78 is 25.4. The molecule has 1 N–H and O–H groups in total. The third-order valence-corrected chi connectivity index (χ3v) is 4.61. The van der Waals surface area contributed by atoms with Crippen molar-refractivity contribution in [3.63, 3.8) is 0 Å². The lowest BCUT2D eigenvalue weighted by Crippen LogP contribution is -2.23. The first-order valence-electron chi connectivity index (χ1n) is 5.74. The van der Waals surface area contributed by atoms with E-state index in [4.69, 9.17) is 0 Å². The zero-order valence-electron chi connectivity index (χ0n) is 11.8. The van der Waals surface area contributed by atoms with Crippen LogP contribution in [0, 0.1) is 6.92 Å². The lowest BCUT2D eigenvalue weighted by molar-refractivity contribution is 0.427. The fraction of sp³-hybridized carbons (Fsp3) is 0.538. The molecule has 0 amide bonds. The van der Waals surface area contributed by atoms with Crippen LogP contribution in [0.2, 0.25) is 0 Å². The number of benzene rings is 1. The number of hydrogen-bond acceptors (Lipinski definition) is 3. The number of aromatic hydroxyl groups is 1. The lowest BCUT2D eigenvalue weighted by atomic mass is 9.85. The van der Waals surface area contributed by atoms with Gasteiger partial charge in [-0.1, -0.05) is 26.8 Å². The molecule has 0 aliphatic rings. The van der Waals surface area contributed by atoms with Crippen LogP contribution in [-0.2, 0) is 15.4 Å². The van der Waals surface area contributed by atoms with E-state index in [0.717, 1.165) is 9.87 Å². The first kappa shape index (κ1) is 15.0. The van der Waals surface area contributed by atoms with Crippen molar-refractivity contribution in [1.29, 1.82) is 0 Å². The molecule has 0 spiro atoms. The Balaban J connectivity index is 3.64. The van der Waals surface area contributed by atoms with Gasteiger partial charge in [-0.3, -0.25) is 0 Å². The number of aryl methyl sites for hydroxylation is 1. The minimum absolute atomic E-state index is 0.0302. The summed E-state index contributed by atoms with van der Waals surface area (Å²) in [5, 5.41) is 10.2. The van der Waals surface area contributed by atoms with Crippen LogP contribution in [0.25, 0.3) is 0 Å². The van der Waals surface area contributed by atoms with Crippen molar-refractivity contribution in [2.24, 2.45) is 0 Å². The molecule has 1 rings (SSSR count). The van der Waals surface area contributed by atoms with Crippen molar-refractivity contribution in [3.8, 4) is 5.75 Å². The van der Waals surface area contributed by atoms with Crippen LogP contribution in [0.5, 0.6) is 5.75 Å². The summed E-state index contributed by atoms with van der Waals surface area (Å²) >= 11 is 0. The molecule has 0 radical (unpaired) electrons. The van der Waals surface area contributed by atoms with Gasteiger partial charge in [0.1, 0.15) is 10.6 Å². The van der Waals surface area contributed by atoms with Gasteiger partial charge in [0, 0.05) is 19.7 Å². The second-order valence-corrected chi connectivity index (χ2v) is 7.82. The van der Waals surface area contributed by atoms with Gasteiger partial charge >= 0.3 is 0 Å². The zero-order valence-corrected chi connectivity index (χ0v) is 12.6. The molecule has 0 atom stereocenters. The molecule has 0 unspecified atom stereocenters. The SMILES string of the molecule is Cc1cc(C(C)(C)C)c(O)c(S(=O)(=O)N(C)C)c1. The quantitative estimate of drug-likeness (QED) is 0.897. The van der Waals surface area contributed by atoms with Crippen LogP contribution in [0.1, 0.15) is 31.9 Å². The Morgan fingerprint density at radius 3 is 2.06 bits per heavy atom. The summed E-state index contributed by atoms with van der Waals surface area (Å²) in [4.78, 5) is -0.0302. The smallest absolute Gasteiger partial charge is 0.246 e. The zero-order chi connectivity index (χ0) is 14.3. The Bertz CT molecular complexity index is 554. The van der Waals surface area contributed by atoms with Gasteiger partial charge < -0.3 is 5.11 Å². The van der Waals surface area contributed by atoms with Crippen molar-refractivity contribution < 1.29 is 13.5 Å². The second-order valence-electron chi connectivity index (χ2n) is 5.70. The van der Waals surface area contributed by atoms with Crippen LogP contribution in [0.4, 0.5) is 0 Å². The summed E-state index contributed by atoms with van der Waals surface area (Å²) in [5.74, 6) is -0.151. The van der Waals surface area contributed by atoms with Gasteiger partial charge in [0.05, 0.1) is 0 Å². The molecule has 0 aliphatic heterocycles. The van der Waals surface area contributed by atoms with E-state index in [1.807, 2.05) is 33.8 Å². The van der Waals surface area contributed by atoms with Gasteiger partial charge in [-0.2, -0.15) is 0 Å². The van der Waals surface area contributed by atoms with Crippen molar-refractivity contribution in [1.82, 2.24) is 4.31 Å². The highest BCUT2D eigenvalue weighted by atomic mass is 32.2. The Morgan fingerprint density at radius 2 is 1.67 bits per heavy atom. The molecule has 1 aromatic rings. The second kappa shape index (κ2) is 4.55. The third kappa shape index (κ3) is 2.67. The normalized spacial score (nSPS) is 13.1. The molecular weight excluding hydrogens is 250 g/mol. The molecule has 0 fully saturated rings. The van der Waals surface area contributed by atoms with E-state index >= 15 is 0 Å². The predicted octanol–water partition coefficient (Wildman–Crippen LogP) is 2.25. The fourth-order valence-corrected chi connectivity index (χ4v) is 2.79. The van der Waals surface area contributed by atoms with Crippen LogP contribution in [-0.4, -0.2) is 31.9 Å². The number of hydrogen-bond donors (Lipinski definition) is 1. The number of phenols is 1. The van der Waals surface area contributed by atoms with E-state index in [1.165, 1.54) is 20.2 Å². The van der Waals surface area contributed by atoms with E-state index in [0.29, 0.717) is 5.56 Å². The van der Waals surface area contributed by atoms with Gasteiger partial charge in [-0.15, -0.1) is 0 Å². The molecular formula is C13H21NO3S. The minimum Gasteiger partial charge on any atom is -0.506 e. The van der Waals surface area contributed by atoms with Gasteiger partial charge in [0.2, 0.25) is 10.0 Å². The van der Waals surface area contributed by atoms with E-state index < -0.39 is 10.0 Å². The average Bonchev–Trinajstić information content (AvgIpc) is 2.18.